The van der Waals surface area contributed by atoms with E-state index in [1.54, 1.807) is 6.07 Å². The summed E-state index contributed by atoms with van der Waals surface area (Å²) in [7, 11) is 0. The van der Waals surface area contributed by atoms with E-state index in [-0.39, 0.29) is 11.9 Å². The van der Waals surface area contributed by atoms with Crippen molar-refractivity contribution in [3.05, 3.63) is 28.0 Å². The maximum absolute atomic E-state index is 10.3. The number of nitrogens with two attached hydrogens (primary N) is 1. The van der Waals surface area contributed by atoms with Crippen molar-refractivity contribution in [1.82, 2.24) is 0 Å². The van der Waals surface area contributed by atoms with Crippen LogP contribution in [0.2, 0.25) is 0 Å². The van der Waals surface area contributed by atoms with Crippen LogP contribution in [0.4, 0.5) is 5.88 Å². The molecule has 5 nitrogen and oxygen atoms in total. The van der Waals surface area contributed by atoms with Crippen LogP contribution in [0.15, 0.2) is 16.5 Å². The lowest BCUT2D eigenvalue weighted by atomic mass is 10.0. The van der Waals surface area contributed by atoms with Crippen molar-refractivity contribution in [3.63, 3.8) is 0 Å². The first kappa shape index (κ1) is 10.7. The molecule has 78 valence electrons. The molecule has 2 N–H and O–H groups in total. The Hall–Kier alpha value is -1.36. The van der Waals surface area contributed by atoms with Crippen LogP contribution in [0, 0.1) is 16.0 Å². The van der Waals surface area contributed by atoms with E-state index in [4.69, 9.17) is 10.2 Å². The first-order chi connectivity index (χ1) is 6.50. The van der Waals surface area contributed by atoms with Crippen LogP contribution in [0.1, 0.15) is 32.1 Å². The fourth-order valence-electron chi connectivity index (χ4n) is 1.26. The molecule has 0 saturated heterocycles. The largest absolute Gasteiger partial charge is 0.433 e. The topological polar surface area (TPSA) is 82.3 Å². The monoisotopic (exact) mass is 198 g/mol. The van der Waals surface area contributed by atoms with Crippen molar-refractivity contribution in [2.45, 2.75) is 26.3 Å². The minimum atomic E-state index is -0.564. The number of furan rings is 1. The van der Waals surface area contributed by atoms with E-state index in [1.807, 2.05) is 13.8 Å². The summed E-state index contributed by atoms with van der Waals surface area (Å²) in [5.74, 6) is 0.666. The minimum Gasteiger partial charge on any atom is -0.404 e. The average molecular weight is 198 g/mol. The zero-order valence-corrected chi connectivity index (χ0v) is 8.27. The summed E-state index contributed by atoms with van der Waals surface area (Å²) < 4.78 is 4.98. The summed E-state index contributed by atoms with van der Waals surface area (Å²) >= 11 is 0. The van der Waals surface area contributed by atoms with Gasteiger partial charge in [-0.25, -0.2) is 0 Å². The third kappa shape index (κ3) is 2.56. The Labute approximate surface area is 82.0 Å². The first-order valence-corrected chi connectivity index (χ1v) is 4.50. The van der Waals surface area contributed by atoms with Gasteiger partial charge >= 0.3 is 5.88 Å². The highest BCUT2D eigenvalue weighted by Gasteiger charge is 2.17. The Morgan fingerprint density at radius 1 is 1.57 bits per heavy atom. The normalized spacial score (nSPS) is 13.1. The van der Waals surface area contributed by atoms with Gasteiger partial charge in [0.05, 0.1) is 12.1 Å². The molecule has 0 fully saturated rings. The van der Waals surface area contributed by atoms with Crippen molar-refractivity contribution in [2.24, 2.45) is 11.7 Å². The molecule has 0 radical (unpaired) electrons. The quantitative estimate of drug-likeness (QED) is 0.594. The summed E-state index contributed by atoms with van der Waals surface area (Å²) in [5.41, 5.74) is 5.79. The third-order valence-corrected chi connectivity index (χ3v) is 1.88. The number of nitrogens with zero attached hydrogens (tertiary/aromatic N) is 1. The highest BCUT2D eigenvalue weighted by molar-refractivity contribution is 5.19. The molecule has 0 saturated carbocycles. The third-order valence-electron chi connectivity index (χ3n) is 1.88. The minimum absolute atomic E-state index is 0.251. The zero-order chi connectivity index (χ0) is 10.7. The highest BCUT2D eigenvalue weighted by Crippen LogP contribution is 2.24. The Balaban J connectivity index is 2.71. The molecule has 0 amide bonds. The van der Waals surface area contributed by atoms with E-state index in [0.29, 0.717) is 11.7 Å². The van der Waals surface area contributed by atoms with E-state index in [2.05, 4.69) is 0 Å². The summed E-state index contributed by atoms with van der Waals surface area (Å²) in [6.07, 6.45) is 0.755. The molecule has 0 bridgehead atoms. The predicted molar refractivity (Wildman–Crippen MR) is 51.7 cm³/mol. The molecule has 14 heavy (non-hydrogen) atoms. The fourth-order valence-corrected chi connectivity index (χ4v) is 1.26. The molecule has 1 heterocycles. The van der Waals surface area contributed by atoms with Gasteiger partial charge in [0.1, 0.15) is 10.7 Å². The second kappa shape index (κ2) is 4.23. The van der Waals surface area contributed by atoms with Crippen molar-refractivity contribution in [1.29, 1.82) is 0 Å². The van der Waals surface area contributed by atoms with E-state index in [1.165, 1.54) is 6.07 Å². The average Bonchev–Trinajstić information content (AvgIpc) is 2.50. The summed E-state index contributed by atoms with van der Waals surface area (Å²) in [5, 5.41) is 10.3. The molecule has 1 aromatic rings. The highest BCUT2D eigenvalue weighted by atomic mass is 16.6. The molecule has 0 aliphatic rings. The number of hydrogen-bond acceptors (Lipinski definition) is 4. The Kier molecular flexibility index (Phi) is 3.24. The van der Waals surface area contributed by atoms with Crippen LogP contribution in [0.5, 0.6) is 0 Å². The van der Waals surface area contributed by atoms with Gasteiger partial charge in [-0.15, -0.1) is 0 Å². The molecule has 1 atom stereocenters. The van der Waals surface area contributed by atoms with E-state index < -0.39 is 4.92 Å². The lowest BCUT2D eigenvalue weighted by Crippen LogP contribution is -2.11. The SMILES string of the molecule is CC(C)C[C@H](N)c1ccc([N+](=O)[O-])o1. The second-order valence-electron chi connectivity index (χ2n) is 3.67. The number of rotatable bonds is 4. The van der Waals surface area contributed by atoms with Crippen molar-refractivity contribution < 1.29 is 9.34 Å². The fraction of sp³-hybridized carbons (Fsp3) is 0.556. The predicted octanol–water partition coefficient (Wildman–Crippen LogP) is 2.23. The summed E-state index contributed by atoms with van der Waals surface area (Å²) in [6.45, 7) is 4.08. The second-order valence-corrected chi connectivity index (χ2v) is 3.67. The van der Waals surface area contributed by atoms with Crippen LogP contribution < -0.4 is 5.73 Å². The van der Waals surface area contributed by atoms with Crippen molar-refractivity contribution in [2.75, 3.05) is 0 Å². The van der Waals surface area contributed by atoms with E-state index >= 15 is 0 Å². The van der Waals surface area contributed by atoms with Crippen LogP contribution in [-0.2, 0) is 0 Å². The molecule has 1 aromatic heterocycles. The van der Waals surface area contributed by atoms with Crippen molar-refractivity contribution in [3.8, 4) is 0 Å². The van der Waals surface area contributed by atoms with Gasteiger partial charge in [0.2, 0.25) is 0 Å². The van der Waals surface area contributed by atoms with Crippen LogP contribution in [0.25, 0.3) is 0 Å². The molecule has 0 spiro atoms. The maximum atomic E-state index is 10.3. The molecular formula is C9H14N2O3. The van der Waals surface area contributed by atoms with Gasteiger partial charge in [0.25, 0.3) is 0 Å². The lowest BCUT2D eigenvalue weighted by molar-refractivity contribution is -0.402. The molecule has 1 rings (SSSR count). The Bertz CT molecular complexity index is 320. The molecule has 0 aromatic carbocycles. The van der Waals surface area contributed by atoms with Gasteiger partial charge in [-0.2, -0.15) is 0 Å². The molecule has 0 aliphatic carbocycles. The summed E-state index contributed by atoms with van der Waals surface area (Å²) in [4.78, 5) is 9.77. The van der Waals surface area contributed by atoms with Gasteiger partial charge in [-0.05, 0) is 18.4 Å². The molecular weight excluding hydrogens is 184 g/mol. The molecule has 0 aliphatic heterocycles. The van der Waals surface area contributed by atoms with Gasteiger partial charge in [-0.1, -0.05) is 13.8 Å². The molecule has 5 heteroatoms. The first-order valence-electron chi connectivity index (χ1n) is 4.50. The van der Waals surface area contributed by atoms with Gasteiger partial charge < -0.3 is 10.2 Å². The van der Waals surface area contributed by atoms with Crippen LogP contribution in [0.3, 0.4) is 0 Å². The maximum Gasteiger partial charge on any atom is 0.433 e. The van der Waals surface area contributed by atoms with Crippen molar-refractivity contribution >= 4 is 5.88 Å². The molecule has 0 unspecified atom stereocenters. The van der Waals surface area contributed by atoms with E-state index in [0.717, 1.165) is 6.42 Å². The van der Waals surface area contributed by atoms with Gasteiger partial charge in [-0.3, -0.25) is 10.1 Å². The van der Waals surface area contributed by atoms with Crippen LogP contribution >= 0.6 is 0 Å². The number of nitro groups is 1. The standard InChI is InChI=1S/C9H14N2O3/c1-6(2)5-7(10)8-3-4-9(14-8)11(12)13/h3-4,6-7H,5,10H2,1-2H3/t7-/m0/s1. The van der Waals surface area contributed by atoms with E-state index in [9.17, 15) is 10.1 Å². The van der Waals surface area contributed by atoms with Gasteiger partial charge in [0.15, 0.2) is 0 Å². The van der Waals surface area contributed by atoms with Gasteiger partial charge in [0, 0.05) is 0 Å². The number of hydrogen-bond donors (Lipinski definition) is 1. The Morgan fingerprint density at radius 3 is 2.64 bits per heavy atom. The zero-order valence-electron chi connectivity index (χ0n) is 8.27. The lowest BCUT2D eigenvalue weighted by Gasteiger charge is -2.10. The smallest absolute Gasteiger partial charge is 0.404 e. The summed E-state index contributed by atoms with van der Waals surface area (Å²) in [6, 6.07) is 2.63. The Morgan fingerprint density at radius 2 is 2.21 bits per heavy atom. The van der Waals surface area contributed by atoms with Crippen LogP contribution in [-0.4, -0.2) is 4.92 Å².